The number of carbonyl (C=O) groups excluding carboxylic acids is 2. The van der Waals surface area contributed by atoms with Crippen LogP contribution in [0.2, 0.25) is 0 Å². The first-order chi connectivity index (χ1) is 12.3. The fourth-order valence-electron chi connectivity index (χ4n) is 7.57. The van der Waals surface area contributed by atoms with Gasteiger partial charge in [-0.05, 0) is 94.3 Å². The van der Waals surface area contributed by atoms with Crippen LogP contribution in [0, 0.1) is 40.4 Å². The number of rotatable bonds is 2. The second kappa shape index (κ2) is 6.34. The quantitative estimate of drug-likeness (QED) is 0.638. The summed E-state index contributed by atoms with van der Waals surface area (Å²) in [4.78, 5) is 25.0. The molecule has 0 aromatic heterocycles. The summed E-state index contributed by atoms with van der Waals surface area (Å²) < 4.78 is 5.51. The smallest absolute Gasteiger partial charge is 0.309 e. The van der Waals surface area contributed by atoms with Gasteiger partial charge >= 0.3 is 5.97 Å². The van der Waals surface area contributed by atoms with E-state index in [0.29, 0.717) is 23.0 Å². The van der Waals surface area contributed by atoms with E-state index in [1.165, 1.54) is 19.3 Å². The Labute approximate surface area is 158 Å². The molecule has 0 spiro atoms. The van der Waals surface area contributed by atoms with Crippen LogP contribution < -0.4 is 0 Å². The van der Waals surface area contributed by atoms with Gasteiger partial charge in [-0.3, -0.25) is 9.59 Å². The zero-order valence-corrected chi connectivity index (χ0v) is 17.1. The molecule has 0 aromatic carbocycles. The zero-order valence-electron chi connectivity index (χ0n) is 17.1. The van der Waals surface area contributed by atoms with E-state index in [1.54, 1.807) is 0 Å². The standard InChI is InChI=1S/C23H36O3/c1-14(2)26-21(25)15-9-11-22(3)16(13-15)5-6-17-18-7-8-20(24)23(18,4)12-10-19(17)22/h14-19H,5-13H2,1-4H3/t15-,16-,17-,18-,19-,22-,23-/m0/s1. The molecule has 0 aromatic rings. The van der Waals surface area contributed by atoms with Crippen molar-refractivity contribution in [2.75, 3.05) is 0 Å². The fourth-order valence-corrected chi connectivity index (χ4v) is 7.57. The third kappa shape index (κ3) is 2.67. The second-order valence-corrected chi connectivity index (χ2v) is 10.5. The van der Waals surface area contributed by atoms with Crippen molar-refractivity contribution in [3.8, 4) is 0 Å². The van der Waals surface area contributed by atoms with Crippen molar-refractivity contribution < 1.29 is 14.3 Å². The molecular formula is C23H36O3. The molecule has 0 bridgehead atoms. The van der Waals surface area contributed by atoms with E-state index < -0.39 is 0 Å². The highest BCUT2D eigenvalue weighted by Crippen LogP contribution is 2.65. The van der Waals surface area contributed by atoms with Gasteiger partial charge in [-0.1, -0.05) is 13.8 Å². The summed E-state index contributed by atoms with van der Waals surface area (Å²) >= 11 is 0. The van der Waals surface area contributed by atoms with Crippen LogP contribution in [0.3, 0.4) is 0 Å². The van der Waals surface area contributed by atoms with Gasteiger partial charge in [0.2, 0.25) is 0 Å². The van der Waals surface area contributed by atoms with Gasteiger partial charge in [0.25, 0.3) is 0 Å². The summed E-state index contributed by atoms with van der Waals surface area (Å²) in [6.45, 7) is 8.66. The molecule has 3 nitrogen and oxygen atoms in total. The van der Waals surface area contributed by atoms with Crippen LogP contribution in [-0.4, -0.2) is 17.9 Å². The first-order valence-corrected chi connectivity index (χ1v) is 11.0. The molecule has 0 unspecified atom stereocenters. The molecule has 146 valence electrons. The predicted octanol–water partition coefficient (Wildman–Crippen LogP) is 5.17. The third-order valence-corrected chi connectivity index (χ3v) is 9.06. The summed E-state index contributed by atoms with van der Waals surface area (Å²) in [7, 11) is 0. The Bertz CT molecular complexity index is 596. The van der Waals surface area contributed by atoms with Crippen LogP contribution in [0.15, 0.2) is 0 Å². The van der Waals surface area contributed by atoms with Crippen LogP contribution in [0.4, 0.5) is 0 Å². The number of ketones is 1. The molecule has 0 radical (unpaired) electrons. The Kier molecular flexibility index (Phi) is 4.51. The van der Waals surface area contributed by atoms with Gasteiger partial charge < -0.3 is 4.74 Å². The van der Waals surface area contributed by atoms with Gasteiger partial charge in [-0.25, -0.2) is 0 Å². The van der Waals surface area contributed by atoms with Gasteiger partial charge in [-0.15, -0.1) is 0 Å². The van der Waals surface area contributed by atoms with Crippen molar-refractivity contribution in [2.45, 2.75) is 91.6 Å². The van der Waals surface area contributed by atoms with Crippen molar-refractivity contribution in [2.24, 2.45) is 40.4 Å². The van der Waals surface area contributed by atoms with Crippen LogP contribution >= 0.6 is 0 Å². The highest BCUT2D eigenvalue weighted by atomic mass is 16.5. The van der Waals surface area contributed by atoms with E-state index in [4.69, 9.17) is 4.74 Å². The van der Waals surface area contributed by atoms with Crippen LogP contribution in [0.5, 0.6) is 0 Å². The monoisotopic (exact) mass is 360 g/mol. The molecule has 0 N–H and O–H groups in total. The topological polar surface area (TPSA) is 43.4 Å². The molecule has 4 aliphatic carbocycles. The Morgan fingerprint density at radius 3 is 2.54 bits per heavy atom. The average Bonchev–Trinajstić information content (AvgIpc) is 2.89. The molecule has 4 rings (SSSR count). The van der Waals surface area contributed by atoms with E-state index in [2.05, 4.69) is 13.8 Å². The van der Waals surface area contributed by atoms with Crippen LogP contribution in [0.25, 0.3) is 0 Å². The summed E-state index contributed by atoms with van der Waals surface area (Å²) in [5, 5.41) is 0. The number of hydrogen-bond acceptors (Lipinski definition) is 3. The molecular weight excluding hydrogens is 324 g/mol. The number of ether oxygens (including phenoxy) is 1. The lowest BCUT2D eigenvalue weighted by molar-refractivity contribution is -0.161. The molecule has 0 aliphatic heterocycles. The molecule has 4 fully saturated rings. The van der Waals surface area contributed by atoms with Crippen molar-refractivity contribution in [1.82, 2.24) is 0 Å². The summed E-state index contributed by atoms with van der Waals surface area (Å²) in [6.07, 6.45) is 9.92. The maximum absolute atomic E-state index is 12.5. The van der Waals surface area contributed by atoms with E-state index in [9.17, 15) is 9.59 Å². The van der Waals surface area contributed by atoms with Crippen molar-refractivity contribution in [3.63, 3.8) is 0 Å². The molecule has 3 heteroatoms. The normalized spacial score (nSPS) is 47.9. The first-order valence-electron chi connectivity index (χ1n) is 11.0. The summed E-state index contributed by atoms with van der Waals surface area (Å²) in [5.74, 6) is 3.44. The number of fused-ring (bicyclic) bond motifs is 5. The molecule has 0 amide bonds. The minimum absolute atomic E-state index is 0.0116. The number of Topliss-reactive ketones (excluding diaryl/α,β-unsaturated/α-hetero) is 1. The van der Waals surface area contributed by atoms with Crippen LogP contribution in [-0.2, 0) is 14.3 Å². The number of hydrogen-bond donors (Lipinski definition) is 0. The van der Waals surface area contributed by atoms with E-state index in [-0.39, 0.29) is 23.4 Å². The molecule has 0 heterocycles. The van der Waals surface area contributed by atoms with Crippen molar-refractivity contribution >= 4 is 11.8 Å². The van der Waals surface area contributed by atoms with Gasteiger partial charge in [0.05, 0.1) is 12.0 Å². The molecule has 7 atom stereocenters. The van der Waals surface area contributed by atoms with E-state index in [1.807, 2.05) is 13.8 Å². The number of carbonyl (C=O) groups is 2. The third-order valence-electron chi connectivity index (χ3n) is 9.06. The largest absolute Gasteiger partial charge is 0.463 e. The van der Waals surface area contributed by atoms with E-state index >= 15 is 0 Å². The minimum atomic E-state index is -0.0252. The highest BCUT2D eigenvalue weighted by molar-refractivity contribution is 5.87. The zero-order chi connectivity index (χ0) is 18.7. The Morgan fingerprint density at radius 2 is 1.81 bits per heavy atom. The first kappa shape index (κ1) is 18.5. The Balaban J connectivity index is 1.51. The van der Waals surface area contributed by atoms with E-state index in [0.717, 1.165) is 50.4 Å². The predicted molar refractivity (Wildman–Crippen MR) is 101 cm³/mol. The second-order valence-electron chi connectivity index (χ2n) is 10.5. The Hall–Kier alpha value is -0.860. The van der Waals surface area contributed by atoms with Gasteiger partial charge in [0.15, 0.2) is 0 Å². The lowest BCUT2D eigenvalue weighted by atomic mass is 9.44. The lowest BCUT2D eigenvalue weighted by Crippen LogP contribution is -2.54. The fraction of sp³-hybridized carbons (Fsp3) is 0.913. The highest BCUT2D eigenvalue weighted by Gasteiger charge is 2.60. The molecule has 4 saturated carbocycles. The molecule has 0 saturated heterocycles. The van der Waals surface area contributed by atoms with Crippen molar-refractivity contribution in [1.29, 1.82) is 0 Å². The minimum Gasteiger partial charge on any atom is -0.463 e. The number of esters is 1. The van der Waals surface area contributed by atoms with Gasteiger partial charge in [0, 0.05) is 11.8 Å². The summed E-state index contributed by atoms with van der Waals surface area (Å²) in [5.41, 5.74) is 0.340. The van der Waals surface area contributed by atoms with Gasteiger partial charge in [0.1, 0.15) is 5.78 Å². The lowest BCUT2D eigenvalue weighted by Gasteiger charge is -2.60. The van der Waals surface area contributed by atoms with Gasteiger partial charge in [-0.2, -0.15) is 0 Å². The van der Waals surface area contributed by atoms with Crippen LogP contribution in [0.1, 0.15) is 85.5 Å². The molecule has 4 aliphatic rings. The maximum atomic E-state index is 12.5. The maximum Gasteiger partial charge on any atom is 0.309 e. The Morgan fingerprint density at radius 1 is 1.04 bits per heavy atom. The molecule has 26 heavy (non-hydrogen) atoms. The summed E-state index contributed by atoms with van der Waals surface area (Å²) in [6, 6.07) is 0. The average molecular weight is 361 g/mol. The SMILES string of the molecule is CC(C)OC(=O)[C@H]1CC[C@@]2(C)[C@@H](CC[C@@H]3[C@@H]2CC[C@]2(C)C(=O)CC[C@@H]32)C1. The van der Waals surface area contributed by atoms with Crippen molar-refractivity contribution in [3.05, 3.63) is 0 Å².